The van der Waals surface area contributed by atoms with Crippen molar-refractivity contribution in [3.05, 3.63) is 53.7 Å². The highest BCUT2D eigenvalue weighted by Gasteiger charge is 2.38. The quantitative estimate of drug-likeness (QED) is 0.879. The van der Waals surface area contributed by atoms with E-state index in [0.29, 0.717) is 25.1 Å². The highest BCUT2D eigenvalue weighted by molar-refractivity contribution is 5.78. The number of rotatable bonds is 5. The Morgan fingerprint density at radius 3 is 2.92 bits per heavy atom. The summed E-state index contributed by atoms with van der Waals surface area (Å²) in [5, 5.41) is 10.9. The molecule has 2 aromatic rings. The van der Waals surface area contributed by atoms with E-state index in [2.05, 4.69) is 9.97 Å². The molecule has 2 heterocycles. The van der Waals surface area contributed by atoms with E-state index < -0.39 is 5.60 Å². The average molecular weight is 358 g/mol. The number of nitrogens with zero attached hydrogens (tertiary/aromatic N) is 4. The van der Waals surface area contributed by atoms with Crippen molar-refractivity contribution in [3.8, 4) is 0 Å². The number of anilines is 1. The second-order valence-corrected chi connectivity index (χ2v) is 6.97. The van der Waals surface area contributed by atoms with Gasteiger partial charge < -0.3 is 14.9 Å². The predicted molar refractivity (Wildman–Crippen MR) is 96.3 cm³/mol. The Hall–Kier alpha value is -2.54. The van der Waals surface area contributed by atoms with Crippen molar-refractivity contribution >= 4 is 11.7 Å². The third-order valence-corrected chi connectivity index (χ3v) is 4.65. The molecule has 6 nitrogen and oxygen atoms in total. The smallest absolute Gasteiger partial charge is 0.226 e. The molecular weight excluding hydrogens is 335 g/mol. The molecule has 0 bridgehead atoms. The molecule has 1 saturated heterocycles. The largest absolute Gasteiger partial charge is 0.386 e. The van der Waals surface area contributed by atoms with E-state index in [1.807, 2.05) is 17.9 Å². The molecule has 1 atom stereocenters. The minimum absolute atomic E-state index is 0.110. The van der Waals surface area contributed by atoms with Gasteiger partial charge >= 0.3 is 0 Å². The van der Waals surface area contributed by atoms with E-state index in [4.69, 9.17) is 0 Å². The maximum atomic E-state index is 13.3. The number of hydrogen-bond acceptors (Lipinski definition) is 5. The molecule has 3 rings (SSSR count). The molecule has 1 unspecified atom stereocenters. The zero-order valence-corrected chi connectivity index (χ0v) is 15.0. The fraction of sp³-hybridized carbons (Fsp3) is 0.421. The Bertz CT molecular complexity index is 801. The van der Waals surface area contributed by atoms with E-state index in [1.54, 1.807) is 19.2 Å². The normalized spacial score (nSPS) is 19.6. The minimum atomic E-state index is -0.995. The summed E-state index contributed by atoms with van der Waals surface area (Å²) in [4.78, 5) is 24.3. The number of aliphatic hydroxyl groups is 1. The van der Waals surface area contributed by atoms with Gasteiger partial charge in [0.05, 0.1) is 13.0 Å². The summed E-state index contributed by atoms with van der Waals surface area (Å²) in [6.45, 7) is 3.19. The van der Waals surface area contributed by atoms with Gasteiger partial charge in [0.25, 0.3) is 0 Å². The number of carbonyl (C=O) groups is 1. The van der Waals surface area contributed by atoms with E-state index in [-0.39, 0.29) is 24.7 Å². The molecule has 26 heavy (non-hydrogen) atoms. The monoisotopic (exact) mass is 358 g/mol. The van der Waals surface area contributed by atoms with Crippen molar-refractivity contribution in [3.63, 3.8) is 0 Å². The van der Waals surface area contributed by atoms with Gasteiger partial charge in [-0.15, -0.1) is 0 Å². The molecule has 1 aromatic carbocycles. The van der Waals surface area contributed by atoms with Crippen LogP contribution in [0.3, 0.4) is 0 Å². The number of amides is 1. The lowest BCUT2D eigenvalue weighted by Crippen LogP contribution is -2.46. The summed E-state index contributed by atoms with van der Waals surface area (Å²) in [7, 11) is 1.66. The van der Waals surface area contributed by atoms with Crippen LogP contribution >= 0.6 is 0 Å². The summed E-state index contributed by atoms with van der Waals surface area (Å²) in [6, 6.07) is 7.89. The fourth-order valence-electron chi connectivity index (χ4n) is 3.28. The molecule has 138 valence electrons. The summed E-state index contributed by atoms with van der Waals surface area (Å²) < 4.78 is 13.3. The van der Waals surface area contributed by atoms with Crippen molar-refractivity contribution in [1.29, 1.82) is 0 Å². The Balaban J connectivity index is 1.60. The van der Waals surface area contributed by atoms with Crippen molar-refractivity contribution < 1.29 is 14.3 Å². The molecule has 0 radical (unpaired) electrons. The van der Waals surface area contributed by atoms with Gasteiger partial charge in [-0.2, -0.15) is 0 Å². The van der Waals surface area contributed by atoms with Crippen LogP contribution in [0.1, 0.15) is 17.7 Å². The highest BCUT2D eigenvalue weighted by atomic mass is 19.1. The number of carbonyl (C=O) groups excluding carboxylic acids is 1. The Labute approximate surface area is 152 Å². The number of halogens is 1. The molecule has 1 amide bonds. The van der Waals surface area contributed by atoms with Crippen molar-refractivity contribution in [1.82, 2.24) is 14.9 Å². The van der Waals surface area contributed by atoms with Crippen LogP contribution in [0.2, 0.25) is 0 Å². The van der Waals surface area contributed by atoms with Crippen molar-refractivity contribution in [2.24, 2.45) is 0 Å². The van der Waals surface area contributed by atoms with E-state index in [1.165, 1.54) is 23.4 Å². The number of hydrogen-bond donors (Lipinski definition) is 1. The van der Waals surface area contributed by atoms with Crippen LogP contribution in [0.25, 0.3) is 0 Å². The fourth-order valence-corrected chi connectivity index (χ4v) is 3.28. The molecule has 1 aliphatic rings. The van der Waals surface area contributed by atoms with E-state index >= 15 is 0 Å². The molecule has 0 spiro atoms. The van der Waals surface area contributed by atoms with Crippen LogP contribution in [0, 0.1) is 12.7 Å². The van der Waals surface area contributed by atoms with Gasteiger partial charge in [0.15, 0.2) is 0 Å². The van der Waals surface area contributed by atoms with E-state index in [0.717, 1.165) is 11.5 Å². The zero-order chi connectivity index (χ0) is 18.7. The van der Waals surface area contributed by atoms with Gasteiger partial charge in [0.2, 0.25) is 5.91 Å². The summed E-state index contributed by atoms with van der Waals surface area (Å²) in [5.74, 6) is 0.269. The SMILES string of the molecule is Cc1cc(N2CCC(O)(CN(C)C(=O)Cc3cccc(F)c3)C2)ncn1. The van der Waals surface area contributed by atoms with Gasteiger partial charge in [-0.05, 0) is 31.0 Å². The highest BCUT2D eigenvalue weighted by Crippen LogP contribution is 2.26. The first-order chi connectivity index (χ1) is 12.3. The van der Waals surface area contributed by atoms with Crippen LogP contribution < -0.4 is 4.90 Å². The molecule has 0 saturated carbocycles. The molecule has 1 aromatic heterocycles. The van der Waals surface area contributed by atoms with Gasteiger partial charge in [-0.1, -0.05) is 12.1 Å². The first kappa shape index (κ1) is 18.3. The van der Waals surface area contributed by atoms with Gasteiger partial charge in [0, 0.05) is 31.9 Å². The van der Waals surface area contributed by atoms with Crippen molar-refractivity contribution in [2.75, 3.05) is 31.6 Å². The predicted octanol–water partition coefficient (Wildman–Crippen LogP) is 1.57. The molecule has 1 N–H and O–H groups in total. The summed E-state index contributed by atoms with van der Waals surface area (Å²) in [5.41, 5.74) is 0.497. The molecule has 1 aliphatic heterocycles. The Kier molecular flexibility index (Phi) is 5.18. The van der Waals surface area contributed by atoms with Crippen LogP contribution in [0.4, 0.5) is 10.2 Å². The maximum absolute atomic E-state index is 13.3. The Morgan fingerprint density at radius 2 is 2.19 bits per heavy atom. The Morgan fingerprint density at radius 1 is 1.38 bits per heavy atom. The molecule has 1 fully saturated rings. The summed E-state index contributed by atoms with van der Waals surface area (Å²) in [6.07, 6.45) is 2.17. The summed E-state index contributed by atoms with van der Waals surface area (Å²) >= 11 is 0. The molecular formula is C19H23FN4O2. The zero-order valence-electron chi connectivity index (χ0n) is 15.0. The number of likely N-dealkylation sites (N-methyl/N-ethyl adjacent to an activating group) is 1. The van der Waals surface area contributed by atoms with Gasteiger partial charge in [-0.3, -0.25) is 4.79 Å². The van der Waals surface area contributed by atoms with Crippen LogP contribution in [0.15, 0.2) is 36.7 Å². The lowest BCUT2D eigenvalue weighted by molar-refractivity contribution is -0.132. The lowest BCUT2D eigenvalue weighted by atomic mass is 10.0. The number of β-amino-alcohol motifs (C(OH)–C–C–N with tert-alkyl or cyclic N) is 1. The first-order valence-corrected chi connectivity index (χ1v) is 8.59. The molecule has 7 heteroatoms. The van der Waals surface area contributed by atoms with Crippen molar-refractivity contribution in [2.45, 2.75) is 25.4 Å². The van der Waals surface area contributed by atoms with Crippen LogP contribution in [0.5, 0.6) is 0 Å². The average Bonchev–Trinajstić information content (AvgIpc) is 2.97. The number of aromatic nitrogens is 2. The van der Waals surface area contributed by atoms with E-state index in [9.17, 15) is 14.3 Å². The third-order valence-electron chi connectivity index (χ3n) is 4.65. The second kappa shape index (κ2) is 7.37. The van der Waals surface area contributed by atoms with Gasteiger partial charge in [-0.25, -0.2) is 14.4 Å². The lowest BCUT2D eigenvalue weighted by Gasteiger charge is -2.29. The topological polar surface area (TPSA) is 69.6 Å². The number of aryl methyl sites for hydroxylation is 1. The third kappa shape index (κ3) is 4.35. The second-order valence-electron chi connectivity index (χ2n) is 6.97. The first-order valence-electron chi connectivity index (χ1n) is 8.59. The molecule has 0 aliphatic carbocycles. The minimum Gasteiger partial charge on any atom is -0.386 e. The standard InChI is InChI=1S/C19H23FN4O2/c1-14-8-17(22-13-21-14)24-7-6-19(26,12-24)11-23(2)18(25)10-15-4-3-5-16(20)9-15/h3-5,8-9,13,26H,6-7,10-12H2,1-2H3. The van der Waals surface area contributed by atoms with Crippen LogP contribution in [-0.4, -0.2) is 58.2 Å². The maximum Gasteiger partial charge on any atom is 0.226 e. The van der Waals surface area contributed by atoms with Crippen LogP contribution in [-0.2, 0) is 11.2 Å². The van der Waals surface area contributed by atoms with Gasteiger partial charge in [0.1, 0.15) is 23.6 Å². The number of benzene rings is 1.